The lowest BCUT2D eigenvalue weighted by Crippen LogP contribution is -2.47. The van der Waals surface area contributed by atoms with E-state index in [-0.39, 0.29) is 24.5 Å². The maximum absolute atomic E-state index is 12.1. The van der Waals surface area contributed by atoms with Gasteiger partial charge in [0.05, 0.1) is 20.3 Å². The van der Waals surface area contributed by atoms with Gasteiger partial charge in [-0.05, 0) is 13.8 Å². The van der Waals surface area contributed by atoms with Gasteiger partial charge >= 0.3 is 5.97 Å². The molecule has 0 saturated carbocycles. The Labute approximate surface area is 108 Å². The minimum absolute atomic E-state index is 0.000573. The molecule has 6 heteroatoms. The van der Waals surface area contributed by atoms with Crippen molar-refractivity contribution in [2.75, 3.05) is 33.4 Å². The smallest absolute Gasteiger partial charge is 0.325 e. The van der Waals surface area contributed by atoms with Crippen molar-refractivity contribution >= 4 is 11.9 Å². The predicted molar refractivity (Wildman–Crippen MR) is 66.1 cm³/mol. The Kier molecular flexibility index (Phi) is 6.07. The van der Waals surface area contributed by atoms with E-state index in [9.17, 15) is 9.59 Å². The fourth-order valence-electron chi connectivity index (χ4n) is 1.84. The van der Waals surface area contributed by atoms with Crippen LogP contribution in [0.15, 0.2) is 0 Å². The second-order valence-corrected chi connectivity index (χ2v) is 4.62. The van der Waals surface area contributed by atoms with E-state index >= 15 is 0 Å². The summed E-state index contributed by atoms with van der Waals surface area (Å²) in [6, 6.07) is 0.00579. The zero-order valence-electron chi connectivity index (χ0n) is 11.3. The highest BCUT2D eigenvalue weighted by Crippen LogP contribution is 2.06. The van der Waals surface area contributed by atoms with Gasteiger partial charge < -0.3 is 19.7 Å². The number of ether oxygens (including phenoxy) is 2. The topological polar surface area (TPSA) is 67.9 Å². The number of morpholine rings is 1. The van der Waals surface area contributed by atoms with Crippen LogP contribution in [0.3, 0.4) is 0 Å². The van der Waals surface area contributed by atoms with Crippen molar-refractivity contribution in [3.63, 3.8) is 0 Å². The Bertz CT molecular complexity index is 288. The molecule has 1 unspecified atom stereocenters. The normalized spacial score (nSPS) is 19.7. The number of esters is 1. The highest BCUT2D eigenvalue weighted by molar-refractivity contribution is 5.82. The second kappa shape index (κ2) is 7.33. The van der Waals surface area contributed by atoms with E-state index in [1.807, 2.05) is 13.8 Å². The molecule has 1 N–H and O–H groups in total. The maximum atomic E-state index is 12.1. The lowest BCUT2D eigenvalue weighted by molar-refractivity contribution is -0.148. The van der Waals surface area contributed by atoms with Crippen molar-refractivity contribution in [3.05, 3.63) is 0 Å². The fourth-order valence-corrected chi connectivity index (χ4v) is 1.84. The number of amides is 1. The van der Waals surface area contributed by atoms with Gasteiger partial charge in [0.2, 0.25) is 5.91 Å². The molecule has 0 aromatic rings. The number of rotatable bonds is 5. The average Bonchev–Trinajstić information content (AvgIpc) is 2.36. The monoisotopic (exact) mass is 258 g/mol. The molecule has 1 aliphatic heterocycles. The Morgan fingerprint density at radius 1 is 1.50 bits per heavy atom. The summed E-state index contributed by atoms with van der Waals surface area (Å²) in [4.78, 5) is 24.9. The highest BCUT2D eigenvalue weighted by atomic mass is 16.5. The Morgan fingerprint density at radius 3 is 2.72 bits per heavy atom. The van der Waals surface area contributed by atoms with Gasteiger partial charge in [-0.15, -0.1) is 0 Å². The summed E-state index contributed by atoms with van der Waals surface area (Å²) >= 11 is 0. The summed E-state index contributed by atoms with van der Waals surface area (Å²) in [5, 5.41) is 3.22. The molecule has 1 heterocycles. The first kappa shape index (κ1) is 14.9. The van der Waals surface area contributed by atoms with Crippen LogP contribution in [-0.4, -0.2) is 62.3 Å². The Balaban J connectivity index is 2.50. The third-order valence-corrected chi connectivity index (χ3v) is 2.89. The van der Waals surface area contributed by atoms with E-state index in [4.69, 9.17) is 4.74 Å². The summed E-state index contributed by atoms with van der Waals surface area (Å²) in [6.07, 6.45) is 0.342. The van der Waals surface area contributed by atoms with Crippen LogP contribution in [0.1, 0.15) is 20.3 Å². The minimum Gasteiger partial charge on any atom is -0.468 e. The zero-order chi connectivity index (χ0) is 13.5. The third kappa shape index (κ3) is 4.62. The van der Waals surface area contributed by atoms with E-state index < -0.39 is 5.97 Å². The van der Waals surface area contributed by atoms with Gasteiger partial charge in [0.25, 0.3) is 0 Å². The minimum atomic E-state index is -0.398. The molecule has 1 saturated heterocycles. The summed E-state index contributed by atoms with van der Waals surface area (Å²) in [7, 11) is 1.32. The van der Waals surface area contributed by atoms with Gasteiger partial charge in [-0.25, -0.2) is 0 Å². The Morgan fingerprint density at radius 2 is 2.22 bits per heavy atom. The predicted octanol–water partition coefficient (Wildman–Crippen LogP) is -0.225. The van der Waals surface area contributed by atoms with Crippen molar-refractivity contribution in [3.8, 4) is 0 Å². The molecule has 0 radical (unpaired) electrons. The number of methoxy groups -OCH3 is 1. The SMILES string of the molecule is COC(=O)CN(C(=O)CC1COCCN1)C(C)C. The van der Waals surface area contributed by atoms with E-state index in [0.29, 0.717) is 19.6 Å². The van der Waals surface area contributed by atoms with Crippen molar-refractivity contribution < 1.29 is 19.1 Å². The zero-order valence-corrected chi connectivity index (χ0v) is 11.3. The van der Waals surface area contributed by atoms with Crippen molar-refractivity contribution in [1.82, 2.24) is 10.2 Å². The van der Waals surface area contributed by atoms with Crippen LogP contribution in [0.4, 0.5) is 0 Å². The molecule has 0 aromatic carbocycles. The van der Waals surface area contributed by atoms with E-state index in [0.717, 1.165) is 6.54 Å². The van der Waals surface area contributed by atoms with Gasteiger partial charge in [0.15, 0.2) is 0 Å². The first-order valence-corrected chi connectivity index (χ1v) is 6.22. The number of nitrogens with one attached hydrogen (secondary N) is 1. The Hall–Kier alpha value is -1.14. The summed E-state index contributed by atoms with van der Waals surface area (Å²) in [5.41, 5.74) is 0. The van der Waals surface area contributed by atoms with Crippen LogP contribution < -0.4 is 5.32 Å². The lowest BCUT2D eigenvalue weighted by Gasteiger charge is -2.29. The number of carbonyl (C=O) groups is 2. The molecule has 18 heavy (non-hydrogen) atoms. The van der Waals surface area contributed by atoms with Crippen molar-refractivity contribution in [2.24, 2.45) is 0 Å². The van der Waals surface area contributed by atoms with Crippen LogP contribution in [0.25, 0.3) is 0 Å². The standard InChI is InChI=1S/C12H22N2O4/c1-9(2)14(7-12(16)17-3)11(15)6-10-8-18-5-4-13-10/h9-10,13H,4-8H2,1-3H3. The lowest BCUT2D eigenvalue weighted by atomic mass is 10.1. The summed E-state index contributed by atoms with van der Waals surface area (Å²) < 4.78 is 9.90. The second-order valence-electron chi connectivity index (χ2n) is 4.62. The molecule has 1 rings (SSSR count). The molecule has 0 spiro atoms. The van der Waals surface area contributed by atoms with Gasteiger partial charge in [-0.3, -0.25) is 9.59 Å². The number of carbonyl (C=O) groups excluding carboxylic acids is 2. The largest absolute Gasteiger partial charge is 0.468 e. The van der Waals surface area contributed by atoms with Crippen molar-refractivity contribution in [2.45, 2.75) is 32.4 Å². The molecule has 0 aromatic heterocycles. The van der Waals surface area contributed by atoms with Crippen LogP contribution in [0, 0.1) is 0 Å². The molecular formula is C12H22N2O4. The highest BCUT2D eigenvalue weighted by Gasteiger charge is 2.24. The molecule has 0 aliphatic carbocycles. The van der Waals surface area contributed by atoms with Crippen LogP contribution in [-0.2, 0) is 19.1 Å². The van der Waals surface area contributed by atoms with Gasteiger partial charge in [-0.1, -0.05) is 0 Å². The number of nitrogens with zero attached hydrogens (tertiary/aromatic N) is 1. The average molecular weight is 258 g/mol. The third-order valence-electron chi connectivity index (χ3n) is 2.89. The molecule has 104 valence electrons. The fraction of sp³-hybridized carbons (Fsp3) is 0.833. The summed E-state index contributed by atoms with van der Waals surface area (Å²) in [6.45, 7) is 5.74. The quantitative estimate of drug-likeness (QED) is 0.690. The van der Waals surface area contributed by atoms with Gasteiger partial charge in [0.1, 0.15) is 6.54 Å². The molecular weight excluding hydrogens is 236 g/mol. The number of hydrogen-bond donors (Lipinski definition) is 1. The molecule has 0 bridgehead atoms. The van der Waals surface area contributed by atoms with Crippen LogP contribution in [0.5, 0.6) is 0 Å². The molecule has 1 fully saturated rings. The first-order valence-electron chi connectivity index (χ1n) is 6.22. The molecule has 6 nitrogen and oxygen atoms in total. The summed E-state index contributed by atoms with van der Waals surface area (Å²) in [5.74, 6) is -0.455. The number of hydrogen-bond acceptors (Lipinski definition) is 5. The van der Waals surface area contributed by atoms with Gasteiger partial charge in [0, 0.05) is 25.0 Å². The van der Waals surface area contributed by atoms with E-state index in [1.54, 1.807) is 0 Å². The molecule has 1 atom stereocenters. The van der Waals surface area contributed by atoms with E-state index in [1.165, 1.54) is 12.0 Å². The van der Waals surface area contributed by atoms with Gasteiger partial charge in [-0.2, -0.15) is 0 Å². The maximum Gasteiger partial charge on any atom is 0.325 e. The molecule has 1 amide bonds. The first-order chi connectivity index (χ1) is 8.54. The van der Waals surface area contributed by atoms with Crippen LogP contribution in [0.2, 0.25) is 0 Å². The van der Waals surface area contributed by atoms with Crippen LogP contribution >= 0.6 is 0 Å². The molecule has 1 aliphatic rings. The van der Waals surface area contributed by atoms with E-state index in [2.05, 4.69) is 10.1 Å². The van der Waals surface area contributed by atoms with Crippen molar-refractivity contribution in [1.29, 1.82) is 0 Å².